The summed E-state index contributed by atoms with van der Waals surface area (Å²) in [5, 5.41) is 4.11. The van der Waals surface area contributed by atoms with Gasteiger partial charge in [0.1, 0.15) is 5.76 Å². The van der Waals surface area contributed by atoms with Gasteiger partial charge in [0.15, 0.2) is 0 Å². The van der Waals surface area contributed by atoms with Gasteiger partial charge in [-0.1, -0.05) is 35.0 Å². The Morgan fingerprint density at radius 3 is 2.60 bits per heavy atom. The maximum Gasteiger partial charge on any atom is 0.138 e. The topological polar surface area (TPSA) is 29.3 Å². The van der Waals surface area contributed by atoms with Gasteiger partial charge in [-0.05, 0) is 45.7 Å². The van der Waals surface area contributed by atoms with E-state index in [2.05, 4.69) is 41.2 Å². The molecule has 3 nitrogen and oxygen atoms in total. The lowest BCUT2D eigenvalue weighted by Crippen LogP contribution is -2.23. The van der Waals surface area contributed by atoms with E-state index in [1.165, 1.54) is 29.5 Å². The summed E-state index contributed by atoms with van der Waals surface area (Å²) in [6.45, 7) is 8.37. The summed E-state index contributed by atoms with van der Waals surface area (Å²) < 4.78 is 5.35. The number of benzene rings is 1. The zero-order valence-corrected chi connectivity index (χ0v) is 12.5. The van der Waals surface area contributed by atoms with E-state index < -0.39 is 0 Å². The minimum atomic E-state index is 0.461. The molecule has 1 aromatic carbocycles. The van der Waals surface area contributed by atoms with Crippen molar-refractivity contribution in [2.24, 2.45) is 0 Å². The Hall–Kier alpha value is -1.61. The predicted octanol–water partition coefficient (Wildman–Crippen LogP) is 3.94. The second-order valence-electron chi connectivity index (χ2n) is 5.85. The van der Waals surface area contributed by atoms with E-state index in [1.807, 2.05) is 13.8 Å². The van der Waals surface area contributed by atoms with Crippen molar-refractivity contribution in [3.05, 3.63) is 52.4 Å². The SMILES string of the molecule is Cc1ccc(CN2CCC[C@@H]2c2c(C)noc2C)cc1. The lowest BCUT2D eigenvalue weighted by Gasteiger charge is -2.24. The fourth-order valence-corrected chi connectivity index (χ4v) is 3.24. The minimum Gasteiger partial charge on any atom is -0.361 e. The van der Waals surface area contributed by atoms with Gasteiger partial charge in [0, 0.05) is 18.2 Å². The maximum atomic E-state index is 5.35. The van der Waals surface area contributed by atoms with Crippen molar-refractivity contribution in [2.45, 2.75) is 46.2 Å². The number of aryl methyl sites for hydroxylation is 3. The van der Waals surface area contributed by atoms with E-state index >= 15 is 0 Å². The molecule has 0 spiro atoms. The molecule has 1 saturated heterocycles. The predicted molar refractivity (Wildman–Crippen MR) is 79.5 cm³/mol. The standard InChI is InChI=1S/C17H22N2O/c1-12-6-8-15(9-7-12)11-19-10-4-5-16(19)17-13(2)18-20-14(17)3/h6-9,16H,4-5,10-11H2,1-3H3/t16-/m1/s1. The molecule has 106 valence electrons. The first-order valence-electron chi connectivity index (χ1n) is 7.37. The van der Waals surface area contributed by atoms with Crippen LogP contribution in [-0.4, -0.2) is 16.6 Å². The lowest BCUT2D eigenvalue weighted by atomic mass is 10.0. The summed E-state index contributed by atoms with van der Waals surface area (Å²) in [4.78, 5) is 2.55. The van der Waals surface area contributed by atoms with Crippen molar-refractivity contribution in [1.29, 1.82) is 0 Å². The minimum absolute atomic E-state index is 0.461. The first-order valence-corrected chi connectivity index (χ1v) is 7.37. The summed E-state index contributed by atoms with van der Waals surface area (Å²) in [5.74, 6) is 0.975. The third kappa shape index (κ3) is 2.50. The molecule has 1 aliphatic rings. The molecule has 1 aromatic heterocycles. The highest BCUT2D eigenvalue weighted by atomic mass is 16.5. The second kappa shape index (κ2) is 5.41. The largest absolute Gasteiger partial charge is 0.361 e. The molecule has 1 aliphatic heterocycles. The number of hydrogen-bond donors (Lipinski definition) is 0. The van der Waals surface area contributed by atoms with Crippen LogP contribution in [0.25, 0.3) is 0 Å². The summed E-state index contributed by atoms with van der Waals surface area (Å²) in [6.07, 6.45) is 2.45. The molecule has 1 fully saturated rings. The molecule has 2 aromatic rings. The van der Waals surface area contributed by atoms with Crippen molar-refractivity contribution in [3.8, 4) is 0 Å². The van der Waals surface area contributed by atoms with Crippen LogP contribution in [0.15, 0.2) is 28.8 Å². The van der Waals surface area contributed by atoms with Crippen LogP contribution in [0.4, 0.5) is 0 Å². The molecule has 3 rings (SSSR count). The molecule has 0 N–H and O–H groups in total. The average Bonchev–Trinajstić information content (AvgIpc) is 2.99. The van der Waals surface area contributed by atoms with Crippen LogP contribution in [-0.2, 0) is 6.54 Å². The van der Waals surface area contributed by atoms with Gasteiger partial charge in [-0.15, -0.1) is 0 Å². The Labute approximate surface area is 120 Å². The van der Waals surface area contributed by atoms with Crippen molar-refractivity contribution >= 4 is 0 Å². The lowest BCUT2D eigenvalue weighted by molar-refractivity contribution is 0.245. The van der Waals surface area contributed by atoms with Crippen molar-refractivity contribution in [1.82, 2.24) is 10.1 Å². The molecule has 0 saturated carbocycles. The number of hydrogen-bond acceptors (Lipinski definition) is 3. The number of aromatic nitrogens is 1. The Morgan fingerprint density at radius 1 is 1.20 bits per heavy atom. The number of rotatable bonds is 3. The molecule has 3 heteroatoms. The fourth-order valence-electron chi connectivity index (χ4n) is 3.24. The summed E-state index contributed by atoms with van der Waals surface area (Å²) >= 11 is 0. The molecule has 0 unspecified atom stereocenters. The first kappa shape index (κ1) is 13.4. The summed E-state index contributed by atoms with van der Waals surface area (Å²) in [5.41, 5.74) is 5.05. The molecule has 2 heterocycles. The molecule has 0 amide bonds. The smallest absolute Gasteiger partial charge is 0.138 e. The number of nitrogens with zero attached hydrogens (tertiary/aromatic N) is 2. The van der Waals surface area contributed by atoms with Crippen LogP contribution in [0, 0.1) is 20.8 Å². The highest BCUT2D eigenvalue weighted by Gasteiger charge is 2.30. The normalized spacial score (nSPS) is 19.6. The van der Waals surface area contributed by atoms with Crippen LogP contribution < -0.4 is 0 Å². The number of likely N-dealkylation sites (tertiary alicyclic amines) is 1. The second-order valence-corrected chi connectivity index (χ2v) is 5.85. The van der Waals surface area contributed by atoms with Crippen molar-refractivity contribution in [2.75, 3.05) is 6.54 Å². The molecule has 0 aliphatic carbocycles. The summed E-state index contributed by atoms with van der Waals surface area (Å²) in [6, 6.07) is 9.31. The molecule has 20 heavy (non-hydrogen) atoms. The van der Waals surface area contributed by atoms with Crippen LogP contribution in [0.2, 0.25) is 0 Å². The maximum absolute atomic E-state index is 5.35. The van der Waals surface area contributed by atoms with Crippen molar-refractivity contribution in [3.63, 3.8) is 0 Å². The van der Waals surface area contributed by atoms with E-state index in [4.69, 9.17) is 4.52 Å². The van der Waals surface area contributed by atoms with E-state index in [0.29, 0.717) is 6.04 Å². The van der Waals surface area contributed by atoms with Crippen LogP contribution in [0.5, 0.6) is 0 Å². The van der Waals surface area contributed by atoms with E-state index in [-0.39, 0.29) is 0 Å². The van der Waals surface area contributed by atoms with Crippen LogP contribution in [0.1, 0.15) is 47.0 Å². The van der Waals surface area contributed by atoms with Gasteiger partial charge >= 0.3 is 0 Å². The van der Waals surface area contributed by atoms with Crippen LogP contribution in [0.3, 0.4) is 0 Å². The van der Waals surface area contributed by atoms with Gasteiger partial charge in [-0.2, -0.15) is 0 Å². The highest BCUT2D eigenvalue weighted by Crippen LogP contribution is 2.36. The van der Waals surface area contributed by atoms with Gasteiger partial charge in [-0.25, -0.2) is 0 Å². The van der Waals surface area contributed by atoms with E-state index in [1.54, 1.807) is 0 Å². The highest BCUT2D eigenvalue weighted by molar-refractivity contribution is 5.27. The molecule has 1 atom stereocenters. The zero-order valence-electron chi connectivity index (χ0n) is 12.5. The first-order chi connectivity index (χ1) is 9.65. The zero-order chi connectivity index (χ0) is 14.1. The molecule has 0 radical (unpaired) electrons. The molecular formula is C17H22N2O. The van der Waals surface area contributed by atoms with Gasteiger partial charge in [0.2, 0.25) is 0 Å². The third-order valence-corrected chi connectivity index (χ3v) is 4.29. The third-order valence-electron chi connectivity index (χ3n) is 4.29. The molecule has 0 bridgehead atoms. The van der Waals surface area contributed by atoms with Gasteiger partial charge in [0.25, 0.3) is 0 Å². The monoisotopic (exact) mass is 270 g/mol. The average molecular weight is 270 g/mol. The van der Waals surface area contributed by atoms with Gasteiger partial charge in [0.05, 0.1) is 5.69 Å². The Bertz CT molecular complexity index is 566. The van der Waals surface area contributed by atoms with Crippen LogP contribution >= 0.6 is 0 Å². The summed E-state index contributed by atoms with van der Waals surface area (Å²) in [7, 11) is 0. The fraction of sp³-hybridized carbons (Fsp3) is 0.471. The van der Waals surface area contributed by atoms with Crippen molar-refractivity contribution < 1.29 is 4.52 Å². The van der Waals surface area contributed by atoms with E-state index in [9.17, 15) is 0 Å². The quantitative estimate of drug-likeness (QED) is 0.846. The Kier molecular flexibility index (Phi) is 3.62. The Balaban J connectivity index is 1.81. The Morgan fingerprint density at radius 2 is 1.95 bits per heavy atom. The van der Waals surface area contributed by atoms with Gasteiger partial charge in [-0.3, -0.25) is 4.90 Å². The molecular weight excluding hydrogens is 248 g/mol. The van der Waals surface area contributed by atoms with Gasteiger partial charge < -0.3 is 4.52 Å². The van der Waals surface area contributed by atoms with E-state index in [0.717, 1.165) is 24.5 Å².